The van der Waals surface area contributed by atoms with Gasteiger partial charge < -0.3 is 14.2 Å². The first-order chi connectivity index (χ1) is 11.5. The number of piperidine rings is 1. The van der Waals surface area contributed by atoms with Gasteiger partial charge in [0.05, 0.1) is 6.10 Å². The van der Waals surface area contributed by atoms with Gasteiger partial charge in [-0.2, -0.15) is 4.98 Å². The highest BCUT2D eigenvalue weighted by Crippen LogP contribution is 2.18. The number of carbonyl (C=O) groups excluding carboxylic acids is 1. The molecule has 2 heterocycles. The fourth-order valence-corrected chi connectivity index (χ4v) is 2.66. The zero-order valence-corrected chi connectivity index (χ0v) is 13.2. The van der Waals surface area contributed by atoms with Crippen molar-refractivity contribution in [3.05, 3.63) is 47.1 Å². The lowest BCUT2D eigenvalue weighted by molar-refractivity contribution is -0.0153. The van der Waals surface area contributed by atoms with E-state index in [0.29, 0.717) is 24.8 Å². The molecule has 0 spiro atoms. The van der Waals surface area contributed by atoms with Crippen LogP contribution in [0.4, 0.5) is 8.78 Å². The lowest BCUT2D eigenvalue weighted by Crippen LogP contribution is -2.43. The van der Waals surface area contributed by atoms with Crippen molar-refractivity contribution in [3.63, 3.8) is 0 Å². The molecule has 3 rings (SSSR count). The fourth-order valence-electron chi connectivity index (χ4n) is 2.66. The number of aromatic nitrogens is 2. The Balaban J connectivity index is 1.60. The zero-order chi connectivity index (χ0) is 17.1. The average molecular weight is 337 g/mol. The SMILES string of the molecule is Cc1noc(COC2CCCN(C(=O)c3ccc(F)c(F)c3)C2)n1. The lowest BCUT2D eigenvalue weighted by Gasteiger charge is -2.32. The van der Waals surface area contributed by atoms with Crippen molar-refractivity contribution in [1.29, 1.82) is 0 Å². The van der Waals surface area contributed by atoms with Crippen LogP contribution >= 0.6 is 0 Å². The Bertz CT molecular complexity index is 735. The molecule has 2 aromatic rings. The van der Waals surface area contributed by atoms with E-state index in [1.54, 1.807) is 11.8 Å². The van der Waals surface area contributed by atoms with Crippen molar-refractivity contribution >= 4 is 5.91 Å². The molecule has 1 aliphatic rings. The van der Waals surface area contributed by atoms with Crippen LogP contribution < -0.4 is 0 Å². The Labute approximate surface area is 137 Å². The maximum Gasteiger partial charge on any atom is 0.254 e. The second-order valence-corrected chi connectivity index (χ2v) is 5.69. The molecule has 6 nitrogen and oxygen atoms in total. The van der Waals surface area contributed by atoms with Crippen LogP contribution in [0.2, 0.25) is 0 Å². The number of hydrogen-bond acceptors (Lipinski definition) is 5. The van der Waals surface area contributed by atoms with Gasteiger partial charge in [-0.3, -0.25) is 4.79 Å². The normalized spacial score (nSPS) is 18.0. The van der Waals surface area contributed by atoms with Crippen LogP contribution in [0.15, 0.2) is 22.7 Å². The number of ether oxygens (including phenoxy) is 1. The number of aryl methyl sites for hydroxylation is 1. The standard InChI is InChI=1S/C16H17F2N3O3/c1-10-19-15(24-20-10)9-23-12-3-2-6-21(8-12)16(22)11-4-5-13(17)14(18)7-11/h4-5,7,12H,2-3,6,8-9H2,1H3. The van der Waals surface area contributed by atoms with Gasteiger partial charge in [-0.1, -0.05) is 5.16 Å². The van der Waals surface area contributed by atoms with Gasteiger partial charge in [0.25, 0.3) is 11.8 Å². The van der Waals surface area contributed by atoms with E-state index in [-0.39, 0.29) is 24.2 Å². The highest BCUT2D eigenvalue weighted by molar-refractivity contribution is 5.94. The number of benzene rings is 1. The van der Waals surface area contributed by atoms with Gasteiger partial charge in [0.2, 0.25) is 0 Å². The molecule has 1 unspecified atom stereocenters. The number of rotatable bonds is 4. The summed E-state index contributed by atoms with van der Waals surface area (Å²) in [5, 5.41) is 3.68. The Kier molecular flexibility index (Phi) is 4.84. The third-order valence-electron chi connectivity index (χ3n) is 3.84. The Morgan fingerprint density at radius 3 is 2.96 bits per heavy atom. The molecular weight excluding hydrogens is 320 g/mol. The minimum absolute atomic E-state index is 0.127. The third kappa shape index (κ3) is 3.76. The molecule has 1 fully saturated rings. The molecule has 0 aliphatic carbocycles. The first-order valence-corrected chi connectivity index (χ1v) is 7.68. The van der Waals surface area contributed by atoms with E-state index in [4.69, 9.17) is 9.26 Å². The molecule has 1 amide bonds. The molecule has 1 aromatic heterocycles. The Morgan fingerprint density at radius 2 is 2.25 bits per heavy atom. The van der Waals surface area contributed by atoms with Gasteiger partial charge >= 0.3 is 0 Å². The number of nitrogens with zero attached hydrogens (tertiary/aromatic N) is 3. The summed E-state index contributed by atoms with van der Waals surface area (Å²) in [4.78, 5) is 18.1. The summed E-state index contributed by atoms with van der Waals surface area (Å²) in [7, 11) is 0. The topological polar surface area (TPSA) is 68.5 Å². The molecule has 1 aromatic carbocycles. The summed E-state index contributed by atoms with van der Waals surface area (Å²) < 4.78 is 37.0. The second-order valence-electron chi connectivity index (χ2n) is 5.69. The summed E-state index contributed by atoms with van der Waals surface area (Å²) in [6.45, 7) is 2.83. The number of likely N-dealkylation sites (tertiary alicyclic amines) is 1. The summed E-state index contributed by atoms with van der Waals surface area (Å²) in [6, 6.07) is 3.16. The first-order valence-electron chi connectivity index (χ1n) is 7.68. The monoisotopic (exact) mass is 337 g/mol. The van der Waals surface area contributed by atoms with Gasteiger partial charge in [-0.25, -0.2) is 8.78 Å². The molecule has 1 aliphatic heterocycles. The van der Waals surface area contributed by atoms with E-state index in [0.717, 1.165) is 25.0 Å². The summed E-state index contributed by atoms with van der Waals surface area (Å²) >= 11 is 0. The van der Waals surface area contributed by atoms with Crippen molar-refractivity contribution in [2.75, 3.05) is 13.1 Å². The van der Waals surface area contributed by atoms with E-state index < -0.39 is 11.6 Å². The maximum absolute atomic E-state index is 13.3. The van der Waals surface area contributed by atoms with Crippen molar-refractivity contribution in [2.24, 2.45) is 0 Å². The van der Waals surface area contributed by atoms with Crippen molar-refractivity contribution in [3.8, 4) is 0 Å². The zero-order valence-electron chi connectivity index (χ0n) is 13.2. The highest BCUT2D eigenvalue weighted by atomic mass is 19.2. The van der Waals surface area contributed by atoms with Crippen LogP contribution in [0, 0.1) is 18.6 Å². The first kappa shape index (κ1) is 16.5. The molecule has 1 atom stereocenters. The minimum Gasteiger partial charge on any atom is -0.367 e. The van der Waals surface area contributed by atoms with Crippen molar-refractivity contribution in [2.45, 2.75) is 32.5 Å². The summed E-state index contributed by atoms with van der Waals surface area (Å²) in [5.41, 5.74) is 0.127. The lowest BCUT2D eigenvalue weighted by atomic mass is 10.1. The number of carbonyl (C=O) groups is 1. The third-order valence-corrected chi connectivity index (χ3v) is 3.84. The maximum atomic E-state index is 13.3. The quantitative estimate of drug-likeness (QED) is 0.857. The van der Waals surface area contributed by atoms with E-state index in [1.165, 1.54) is 6.07 Å². The van der Waals surface area contributed by atoms with Crippen LogP contribution in [0.3, 0.4) is 0 Å². The molecule has 0 bridgehead atoms. The van der Waals surface area contributed by atoms with Crippen molar-refractivity contribution < 1.29 is 22.8 Å². The van der Waals surface area contributed by atoms with E-state index >= 15 is 0 Å². The van der Waals surface area contributed by atoms with Gasteiger partial charge in [0.15, 0.2) is 17.5 Å². The van der Waals surface area contributed by atoms with Crippen LogP contribution in [-0.4, -0.2) is 40.1 Å². The van der Waals surface area contributed by atoms with Crippen LogP contribution in [0.25, 0.3) is 0 Å². The Hall–Kier alpha value is -2.35. The largest absolute Gasteiger partial charge is 0.367 e. The molecule has 0 saturated carbocycles. The van der Waals surface area contributed by atoms with Crippen LogP contribution in [0.1, 0.15) is 34.9 Å². The smallest absolute Gasteiger partial charge is 0.254 e. The average Bonchev–Trinajstić information content (AvgIpc) is 3.00. The molecule has 0 radical (unpaired) electrons. The van der Waals surface area contributed by atoms with Gasteiger partial charge in [-0.05, 0) is 38.0 Å². The molecule has 8 heteroatoms. The molecule has 1 saturated heterocycles. The van der Waals surface area contributed by atoms with E-state index in [2.05, 4.69) is 10.1 Å². The molecule has 0 N–H and O–H groups in total. The van der Waals surface area contributed by atoms with Crippen LogP contribution in [0.5, 0.6) is 0 Å². The highest BCUT2D eigenvalue weighted by Gasteiger charge is 2.26. The molecular formula is C16H17F2N3O3. The fraction of sp³-hybridized carbons (Fsp3) is 0.438. The van der Waals surface area contributed by atoms with Gasteiger partial charge in [-0.15, -0.1) is 0 Å². The van der Waals surface area contributed by atoms with Crippen molar-refractivity contribution in [1.82, 2.24) is 15.0 Å². The van der Waals surface area contributed by atoms with Gasteiger partial charge in [0, 0.05) is 18.7 Å². The Morgan fingerprint density at radius 1 is 1.42 bits per heavy atom. The predicted octanol–water partition coefficient (Wildman–Crippen LogP) is 2.48. The summed E-state index contributed by atoms with van der Waals surface area (Å²) in [6.07, 6.45) is 1.40. The number of hydrogen-bond donors (Lipinski definition) is 0. The summed E-state index contributed by atoms with van der Waals surface area (Å²) in [5.74, 6) is -1.42. The van der Waals surface area contributed by atoms with Crippen LogP contribution in [-0.2, 0) is 11.3 Å². The number of amides is 1. The molecule has 128 valence electrons. The second kappa shape index (κ2) is 7.04. The molecule has 24 heavy (non-hydrogen) atoms. The van der Waals surface area contributed by atoms with E-state index in [9.17, 15) is 13.6 Å². The van der Waals surface area contributed by atoms with Gasteiger partial charge in [0.1, 0.15) is 6.61 Å². The van der Waals surface area contributed by atoms with E-state index in [1.807, 2.05) is 0 Å². The predicted molar refractivity (Wildman–Crippen MR) is 79.1 cm³/mol. The minimum atomic E-state index is -1.03. The number of halogens is 2.